The zero-order valence-corrected chi connectivity index (χ0v) is 10.8. The summed E-state index contributed by atoms with van der Waals surface area (Å²) in [5.74, 6) is -0.762. The molecule has 1 amide bonds. The number of carbonyl (C=O) groups is 2. The van der Waals surface area contributed by atoms with E-state index < -0.39 is 5.97 Å². The molecule has 3 rings (SSSR count). The molecule has 18 heavy (non-hydrogen) atoms. The first-order valence-corrected chi connectivity index (χ1v) is 7.11. The summed E-state index contributed by atoms with van der Waals surface area (Å²) in [6.07, 6.45) is 2.46. The Balaban J connectivity index is 1.61. The molecule has 1 atom stereocenters. The van der Waals surface area contributed by atoms with Gasteiger partial charge in [-0.25, -0.2) is 0 Å². The molecule has 1 aromatic rings. The van der Waals surface area contributed by atoms with Gasteiger partial charge in [0.05, 0.1) is 11.5 Å². The van der Waals surface area contributed by atoms with Crippen LogP contribution in [-0.4, -0.2) is 35.0 Å². The van der Waals surface area contributed by atoms with Crippen LogP contribution in [-0.2, 0) is 4.79 Å². The summed E-state index contributed by atoms with van der Waals surface area (Å²) in [5.41, 5.74) is 0.749. The first-order chi connectivity index (χ1) is 8.62. The van der Waals surface area contributed by atoms with Gasteiger partial charge in [0.1, 0.15) is 0 Å². The van der Waals surface area contributed by atoms with Gasteiger partial charge in [-0.15, -0.1) is 0 Å². The van der Waals surface area contributed by atoms with Crippen LogP contribution in [0, 0.1) is 11.3 Å². The zero-order valence-electron chi connectivity index (χ0n) is 9.96. The number of aliphatic carboxylic acids is 1. The van der Waals surface area contributed by atoms with E-state index in [2.05, 4.69) is 0 Å². The number of hydrogen-bond acceptors (Lipinski definition) is 3. The third-order valence-corrected chi connectivity index (χ3v) is 4.99. The zero-order chi connectivity index (χ0) is 12.8. The van der Waals surface area contributed by atoms with Crippen LogP contribution in [0.25, 0.3) is 0 Å². The van der Waals surface area contributed by atoms with Crippen LogP contribution in [0.3, 0.4) is 0 Å². The molecule has 1 N–H and O–H groups in total. The highest BCUT2D eigenvalue weighted by atomic mass is 32.1. The smallest absolute Gasteiger partial charge is 0.307 e. The van der Waals surface area contributed by atoms with E-state index in [0.29, 0.717) is 13.1 Å². The predicted molar refractivity (Wildman–Crippen MR) is 67.6 cm³/mol. The van der Waals surface area contributed by atoms with Gasteiger partial charge in [-0.2, -0.15) is 11.3 Å². The van der Waals surface area contributed by atoms with Crippen molar-refractivity contribution in [2.24, 2.45) is 11.3 Å². The largest absolute Gasteiger partial charge is 0.481 e. The first kappa shape index (κ1) is 11.7. The lowest BCUT2D eigenvalue weighted by Crippen LogP contribution is -2.39. The number of carboxylic acid groups (broad SMARTS) is 1. The molecule has 1 spiro atoms. The molecular weight excluding hydrogens is 250 g/mol. The van der Waals surface area contributed by atoms with Gasteiger partial charge in [-0.05, 0) is 36.1 Å². The van der Waals surface area contributed by atoms with Crippen molar-refractivity contribution in [3.8, 4) is 0 Å². The quantitative estimate of drug-likeness (QED) is 0.890. The number of carboxylic acids is 1. The Morgan fingerprint density at radius 3 is 2.61 bits per heavy atom. The Morgan fingerprint density at radius 2 is 2.11 bits per heavy atom. The van der Waals surface area contributed by atoms with Crippen molar-refractivity contribution in [1.29, 1.82) is 0 Å². The lowest BCUT2D eigenvalue weighted by Gasteiger charge is -2.32. The van der Waals surface area contributed by atoms with Crippen LogP contribution in [0.2, 0.25) is 0 Å². The van der Waals surface area contributed by atoms with E-state index in [1.807, 2.05) is 21.7 Å². The van der Waals surface area contributed by atoms with E-state index in [9.17, 15) is 9.59 Å². The molecule has 1 aliphatic carbocycles. The number of carbonyl (C=O) groups excluding carboxylic acids is 1. The van der Waals surface area contributed by atoms with Crippen LogP contribution < -0.4 is 0 Å². The lowest BCUT2D eigenvalue weighted by atomic mass is 9.90. The third-order valence-electron chi connectivity index (χ3n) is 4.30. The topological polar surface area (TPSA) is 57.6 Å². The molecule has 1 aliphatic heterocycles. The Hall–Kier alpha value is -1.36. The molecule has 4 nitrogen and oxygen atoms in total. The minimum Gasteiger partial charge on any atom is -0.481 e. The van der Waals surface area contributed by atoms with Crippen LogP contribution >= 0.6 is 11.3 Å². The van der Waals surface area contributed by atoms with Crippen LogP contribution in [0.15, 0.2) is 16.8 Å². The molecule has 1 saturated heterocycles. The molecule has 0 bridgehead atoms. The molecule has 2 aliphatic rings. The molecule has 2 fully saturated rings. The first-order valence-electron chi connectivity index (χ1n) is 6.17. The monoisotopic (exact) mass is 265 g/mol. The summed E-state index contributed by atoms with van der Waals surface area (Å²) in [7, 11) is 0. The van der Waals surface area contributed by atoms with Gasteiger partial charge in [-0.3, -0.25) is 9.59 Å². The molecule has 5 heteroatoms. The molecule has 96 valence electrons. The average Bonchev–Trinajstić information content (AvgIpc) is 2.84. The summed E-state index contributed by atoms with van der Waals surface area (Å²) < 4.78 is 0. The normalized spacial score (nSPS) is 25.1. The summed E-state index contributed by atoms with van der Waals surface area (Å²) in [4.78, 5) is 24.9. The number of hydrogen-bond donors (Lipinski definition) is 1. The van der Waals surface area contributed by atoms with Crippen molar-refractivity contribution in [3.63, 3.8) is 0 Å². The highest BCUT2D eigenvalue weighted by Crippen LogP contribution is 2.59. The minimum atomic E-state index is -0.674. The van der Waals surface area contributed by atoms with E-state index in [0.717, 1.165) is 24.8 Å². The maximum Gasteiger partial charge on any atom is 0.307 e. The van der Waals surface area contributed by atoms with Crippen molar-refractivity contribution in [2.75, 3.05) is 13.1 Å². The highest BCUT2D eigenvalue weighted by molar-refractivity contribution is 7.08. The fourth-order valence-electron chi connectivity index (χ4n) is 2.97. The van der Waals surface area contributed by atoms with Gasteiger partial charge >= 0.3 is 5.97 Å². The Bertz CT molecular complexity index is 474. The number of likely N-dealkylation sites (tertiary alicyclic amines) is 1. The molecule has 1 aromatic heterocycles. The molecule has 0 aromatic carbocycles. The number of thiophene rings is 1. The molecule has 1 unspecified atom stereocenters. The summed E-state index contributed by atoms with van der Waals surface area (Å²) >= 11 is 1.52. The van der Waals surface area contributed by atoms with E-state index in [-0.39, 0.29) is 17.2 Å². The standard InChI is InChI=1S/C13H15NO3S/c15-11(9-1-6-18-8-9)14-4-2-13(3-5-14)7-10(13)12(16)17/h1,6,8,10H,2-5,7H2,(H,16,17). The van der Waals surface area contributed by atoms with E-state index in [1.165, 1.54) is 11.3 Å². The predicted octanol–water partition coefficient (Wildman–Crippen LogP) is 2.08. The maximum atomic E-state index is 12.1. The van der Waals surface area contributed by atoms with E-state index >= 15 is 0 Å². The Labute approximate surface area is 109 Å². The number of rotatable bonds is 2. The molecular formula is C13H15NO3S. The second-order valence-corrected chi connectivity index (χ2v) is 6.04. The molecule has 1 saturated carbocycles. The number of piperidine rings is 1. The molecule has 0 radical (unpaired) electrons. The second-order valence-electron chi connectivity index (χ2n) is 5.26. The van der Waals surface area contributed by atoms with Crippen LogP contribution in [0.1, 0.15) is 29.6 Å². The van der Waals surface area contributed by atoms with Crippen molar-refractivity contribution in [1.82, 2.24) is 4.90 Å². The van der Waals surface area contributed by atoms with Crippen LogP contribution in [0.5, 0.6) is 0 Å². The average molecular weight is 265 g/mol. The Kier molecular flexibility index (Phi) is 2.66. The summed E-state index contributed by atoms with van der Waals surface area (Å²) in [6, 6.07) is 1.84. The lowest BCUT2D eigenvalue weighted by molar-refractivity contribution is -0.139. The highest BCUT2D eigenvalue weighted by Gasteiger charge is 2.59. The summed E-state index contributed by atoms with van der Waals surface area (Å²) in [5, 5.41) is 12.8. The third kappa shape index (κ3) is 1.82. The maximum absolute atomic E-state index is 12.1. The van der Waals surface area contributed by atoms with Crippen LogP contribution in [0.4, 0.5) is 0 Å². The van der Waals surface area contributed by atoms with Gasteiger partial charge in [0.25, 0.3) is 5.91 Å². The van der Waals surface area contributed by atoms with Gasteiger partial charge in [0.15, 0.2) is 0 Å². The van der Waals surface area contributed by atoms with Crippen molar-refractivity contribution < 1.29 is 14.7 Å². The van der Waals surface area contributed by atoms with Gasteiger partial charge < -0.3 is 10.0 Å². The second kappa shape index (κ2) is 4.09. The van der Waals surface area contributed by atoms with Gasteiger partial charge in [-0.1, -0.05) is 0 Å². The fourth-order valence-corrected chi connectivity index (χ4v) is 3.60. The van der Waals surface area contributed by atoms with E-state index in [4.69, 9.17) is 5.11 Å². The number of nitrogens with zero attached hydrogens (tertiary/aromatic N) is 1. The van der Waals surface area contributed by atoms with E-state index in [1.54, 1.807) is 0 Å². The summed E-state index contributed by atoms with van der Waals surface area (Å²) in [6.45, 7) is 1.39. The van der Waals surface area contributed by atoms with Crippen molar-refractivity contribution >= 4 is 23.2 Å². The van der Waals surface area contributed by atoms with Crippen molar-refractivity contribution in [2.45, 2.75) is 19.3 Å². The van der Waals surface area contributed by atoms with Gasteiger partial charge in [0.2, 0.25) is 0 Å². The van der Waals surface area contributed by atoms with Gasteiger partial charge in [0, 0.05) is 18.5 Å². The SMILES string of the molecule is O=C(O)C1CC12CCN(C(=O)c1ccsc1)CC2. The number of amides is 1. The fraction of sp³-hybridized carbons (Fsp3) is 0.538. The Morgan fingerprint density at radius 1 is 1.39 bits per heavy atom. The minimum absolute atomic E-state index is 0.00272. The van der Waals surface area contributed by atoms with Crippen molar-refractivity contribution in [3.05, 3.63) is 22.4 Å². The molecule has 2 heterocycles.